The van der Waals surface area contributed by atoms with E-state index >= 15 is 0 Å². The van der Waals surface area contributed by atoms with Crippen LogP contribution in [0.1, 0.15) is 34.3 Å². The Morgan fingerprint density at radius 1 is 1.23 bits per heavy atom. The van der Waals surface area contributed by atoms with Gasteiger partial charge in [0.1, 0.15) is 6.04 Å². The fourth-order valence-electron chi connectivity index (χ4n) is 3.44. The largest absolute Gasteiger partial charge is 0.447 e. The molecule has 1 fully saturated rings. The summed E-state index contributed by atoms with van der Waals surface area (Å²) in [5.74, 6) is -1.05. The normalized spacial score (nSPS) is 17.7. The van der Waals surface area contributed by atoms with Crippen LogP contribution in [0.2, 0.25) is 0 Å². The molecule has 4 rings (SSSR count). The van der Waals surface area contributed by atoms with Crippen molar-refractivity contribution in [2.24, 2.45) is 0 Å². The quantitative estimate of drug-likeness (QED) is 0.514. The van der Waals surface area contributed by atoms with Gasteiger partial charge in [-0.15, -0.1) is 11.1 Å². The van der Waals surface area contributed by atoms with Gasteiger partial charge in [0.2, 0.25) is 17.7 Å². The molecule has 9 heteroatoms. The number of carbonyl (C=O) groups is 4. The fraction of sp³-hybridized carbons (Fsp3) is 0.238. The molecule has 30 heavy (non-hydrogen) atoms. The third kappa shape index (κ3) is 4.76. The Labute approximate surface area is 198 Å². The smallest absolute Gasteiger partial charge is 0.411 e. The van der Waals surface area contributed by atoms with Crippen LogP contribution >= 0.6 is 0 Å². The summed E-state index contributed by atoms with van der Waals surface area (Å²) in [5, 5.41) is 4.88. The van der Waals surface area contributed by atoms with E-state index in [9.17, 15) is 19.2 Å². The number of rotatable bonds is 4. The molecule has 2 aromatic carbocycles. The zero-order valence-corrected chi connectivity index (χ0v) is 18.9. The van der Waals surface area contributed by atoms with Gasteiger partial charge in [-0.05, 0) is 18.6 Å². The molecule has 0 saturated carbocycles. The second kappa shape index (κ2) is 9.49. The molecule has 0 aliphatic carbocycles. The average molecular weight is 481 g/mol. The van der Waals surface area contributed by atoms with Crippen LogP contribution in [0.25, 0.3) is 0 Å². The number of ether oxygens (including phenoxy) is 1. The van der Waals surface area contributed by atoms with Crippen molar-refractivity contribution in [2.45, 2.75) is 32.0 Å². The Balaban J connectivity index is 0.00000256. The van der Waals surface area contributed by atoms with E-state index in [-0.39, 0.29) is 64.1 Å². The fourth-order valence-corrected chi connectivity index (χ4v) is 3.44. The third-order valence-electron chi connectivity index (χ3n) is 4.89. The van der Waals surface area contributed by atoms with Gasteiger partial charge in [0.25, 0.3) is 0 Å². The number of nitrogens with one attached hydrogen (secondary N) is 2. The number of imide groups is 1. The number of carbonyl (C=O) groups excluding carboxylic acids is 4. The van der Waals surface area contributed by atoms with Gasteiger partial charge in [0, 0.05) is 51.4 Å². The van der Waals surface area contributed by atoms with Gasteiger partial charge in [-0.25, -0.2) is 4.79 Å². The molecule has 0 spiro atoms. The molecule has 1 saturated heterocycles. The summed E-state index contributed by atoms with van der Waals surface area (Å²) in [5.41, 5.74) is 2.36. The second-order valence-electron chi connectivity index (χ2n) is 6.86. The number of hydrogen-bond acceptors (Lipinski definition) is 5. The Bertz CT molecular complexity index is 995. The number of para-hydroxylation sites is 1. The Morgan fingerprint density at radius 2 is 2.00 bits per heavy atom. The van der Waals surface area contributed by atoms with E-state index in [4.69, 9.17) is 4.74 Å². The minimum atomic E-state index is -0.663. The van der Waals surface area contributed by atoms with Gasteiger partial charge in [0.15, 0.2) is 0 Å². The molecule has 4 amide bonds. The monoisotopic (exact) mass is 481 g/mol. The van der Waals surface area contributed by atoms with Crippen molar-refractivity contribution in [2.75, 3.05) is 5.32 Å². The predicted molar refractivity (Wildman–Crippen MR) is 102 cm³/mol. The van der Waals surface area contributed by atoms with E-state index in [2.05, 4.69) is 16.7 Å². The molecule has 0 bridgehead atoms. The van der Waals surface area contributed by atoms with E-state index in [1.54, 1.807) is 36.4 Å². The molecule has 2 aromatic rings. The number of nitrogens with zero attached hydrogens (tertiary/aromatic N) is 1. The van der Waals surface area contributed by atoms with Crippen molar-refractivity contribution >= 4 is 29.5 Å². The molecule has 1 atom stereocenters. The van der Waals surface area contributed by atoms with Crippen molar-refractivity contribution in [3.63, 3.8) is 0 Å². The Kier molecular flexibility index (Phi) is 7.00. The van der Waals surface area contributed by atoms with Crippen LogP contribution in [0.5, 0.6) is 0 Å². The van der Waals surface area contributed by atoms with E-state index in [0.29, 0.717) is 23.2 Å². The van der Waals surface area contributed by atoms with Gasteiger partial charge in [0.05, 0.1) is 6.61 Å². The average Bonchev–Trinajstić information content (AvgIpc) is 3.03. The topological polar surface area (TPSA) is 105 Å². The molecule has 1 radical (unpaired) electrons. The summed E-state index contributed by atoms with van der Waals surface area (Å²) in [6.07, 6.45) is -0.0938. The van der Waals surface area contributed by atoms with Gasteiger partial charge in [-0.3, -0.25) is 25.0 Å². The standard InChI is InChI=1S/C21H18N3O5.Y/c25-18-9-8-17(19(26)23-18)24-11-14-7-6-13(10-16(14)20(24)27)12-29-21(28)22-15-4-2-1-3-5-15;/h1-5,7,10,17H,8-9,11-12H2,(H,22,28)(H,23,25,26);/q-1;. The molecule has 8 nitrogen and oxygen atoms in total. The van der Waals surface area contributed by atoms with Gasteiger partial charge < -0.3 is 9.64 Å². The zero-order chi connectivity index (χ0) is 20.4. The molecule has 151 valence electrons. The number of anilines is 1. The van der Waals surface area contributed by atoms with Gasteiger partial charge in [-0.2, -0.15) is 18.2 Å². The summed E-state index contributed by atoms with van der Waals surface area (Å²) >= 11 is 0. The first-order chi connectivity index (χ1) is 14.0. The summed E-state index contributed by atoms with van der Waals surface area (Å²) in [4.78, 5) is 49.6. The van der Waals surface area contributed by atoms with Crippen LogP contribution < -0.4 is 10.6 Å². The van der Waals surface area contributed by atoms with Crippen LogP contribution in [0.4, 0.5) is 10.5 Å². The first kappa shape index (κ1) is 22.1. The number of hydrogen-bond donors (Lipinski definition) is 2. The maximum atomic E-state index is 12.8. The predicted octanol–water partition coefficient (Wildman–Crippen LogP) is 1.99. The minimum absolute atomic E-state index is 0. The SMILES string of the molecule is O=C1CCC(N2Cc3c[c-]c(COC(=O)Nc4ccccc4)cc3C2=O)C(=O)N1.[Y]. The van der Waals surface area contributed by atoms with Crippen molar-refractivity contribution in [1.82, 2.24) is 10.2 Å². The van der Waals surface area contributed by atoms with E-state index in [1.165, 1.54) is 4.90 Å². The first-order valence-corrected chi connectivity index (χ1v) is 9.18. The summed E-state index contributed by atoms with van der Waals surface area (Å²) < 4.78 is 5.19. The van der Waals surface area contributed by atoms with Crippen LogP contribution in [0.3, 0.4) is 0 Å². The van der Waals surface area contributed by atoms with E-state index < -0.39 is 18.0 Å². The minimum Gasteiger partial charge on any atom is -0.447 e. The van der Waals surface area contributed by atoms with Crippen molar-refractivity contribution < 1.29 is 56.6 Å². The van der Waals surface area contributed by atoms with Crippen molar-refractivity contribution in [3.8, 4) is 0 Å². The van der Waals surface area contributed by atoms with Gasteiger partial charge in [-0.1, -0.05) is 23.8 Å². The molecule has 0 aromatic heterocycles. The zero-order valence-electron chi connectivity index (χ0n) is 16.0. The molecule has 1 unspecified atom stereocenters. The molecule has 2 aliphatic heterocycles. The first-order valence-electron chi connectivity index (χ1n) is 9.18. The summed E-state index contributed by atoms with van der Waals surface area (Å²) in [7, 11) is 0. The summed E-state index contributed by atoms with van der Waals surface area (Å²) in [6, 6.07) is 14.6. The van der Waals surface area contributed by atoms with Crippen LogP contribution in [0.15, 0.2) is 42.5 Å². The van der Waals surface area contributed by atoms with E-state index in [1.807, 2.05) is 6.07 Å². The van der Waals surface area contributed by atoms with Gasteiger partial charge >= 0.3 is 6.09 Å². The molecular weight excluding hydrogens is 463 g/mol. The van der Waals surface area contributed by atoms with Crippen LogP contribution in [0, 0.1) is 6.07 Å². The van der Waals surface area contributed by atoms with Crippen molar-refractivity contribution in [3.05, 3.63) is 65.2 Å². The van der Waals surface area contributed by atoms with Crippen LogP contribution in [-0.4, -0.2) is 34.8 Å². The Morgan fingerprint density at radius 3 is 2.73 bits per heavy atom. The van der Waals surface area contributed by atoms with Crippen LogP contribution in [-0.2, 0) is 60.2 Å². The number of fused-ring (bicyclic) bond motifs is 1. The Hall–Kier alpha value is -2.58. The van der Waals surface area contributed by atoms with Crippen molar-refractivity contribution in [1.29, 1.82) is 0 Å². The maximum absolute atomic E-state index is 12.8. The molecular formula is C21H18N3O5Y-. The number of benzene rings is 2. The molecule has 2 N–H and O–H groups in total. The summed E-state index contributed by atoms with van der Waals surface area (Å²) in [6.45, 7) is 0.240. The molecule has 2 aliphatic rings. The molecule has 2 heterocycles. The number of amides is 4. The maximum Gasteiger partial charge on any atom is 0.411 e. The van der Waals surface area contributed by atoms with E-state index in [0.717, 1.165) is 5.56 Å². The third-order valence-corrected chi connectivity index (χ3v) is 4.89. The second-order valence-corrected chi connectivity index (χ2v) is 6.86. The number of piperidine rings is 1.